The highest BCUT2D eigenvalue weighted by Gasteiger charge is 2.15. The van der Waals surface area contributed by atoms with Crippen molar-refractivity contribution in [3.8, 4) is 0 Å². The van der Waals surface area contributed by atoms with E-state index in [0.717, 1.165) is 5.52 Å². The smallest absolute Gasteiger partial charge is 0.263 e. The van der Waals surface area contributed by atoms with Crippen LogP contribution in [0.3, 0.4) is 0 Å². The number of hydrogen-bond donors (Lipinski definition) is 2. The first kappa shape index (κ1) is 20.9. The Balaban J connectivity index is 1.29. The summed E-state index contributed by atoms with van der Waals surface area (Å²) in [5.41, 5.74) is 2.00. The molecule has 10 heteroatoms. The van der Waals surface area contributed by atoms with E-state index >= 15 is 0 Å². The van der Waals surface area contributed by atoms with Crippen LogP contribution in [0.1, 0.15) is 6.42 Å². The van der Waals surface area contributed by atoms with Gasteiger partial charge >= 0.3 is 0 Å². The van der Waals surface area contributed by atoms with E-state index in [9.17, 15) is 13.2 Å². The minimum absolute atomic E-state index is 0.0719. The fourth-order valence-electron chi connectivity index (χ4n) is 2.70. The van der Waals surface area contributed by atoms with Gasteiger partial charge in [-0.2, -0.15) is 0 Å². The molecule has 0 unspecified atom stereocenters. The Morgan fingerprint density at radius 2 is 1.77 bits per heavy atom. The summed E-state index contributed by atoms with van der Waals surface area (Å²) in [6.07, 6.45) is 1.75. The maximum absolute atomic E-state index is 12.4. The van der Waals surface area contributed by atoms with Crippen molar-refractivity contribution in [1.82, 2.24) is 9.97 Å². The van der Waals surface area contributed by atoms with Crippen LogP contribution in [0.5, 0.6) is 0 Å². The van der Waals surface area contributed by atoms with E-state index in [1.165, 1.54) is 30.1 Å². The van der Waals surface area contributed by atoms with Gasteiger partial charge in [0.05, 0.1) is 4.90 Å². The number of oxazole rings is 1. The van der Waals surface area contributed by atoms with E-state index in [4.69, 9.17) is 4.42 Å². The van der Waals surface area contributed by atoms with Crippen LogP contribution in [0.4, 0.5) is 11.5 Å². The van der Waals surface area contributed by atoms with Crippen LogP contribution in [0.2, 0.25) is 0 Å². The number of rotatable bonds is 8. The summed E-state index contributed by atoms with van der Waals surface area (Å²) in [6.45, 7) is 0. The Hall–Kier alpha value is -3.37. The Labute approximate surface area is 183 Å². The summed E-state index contributed by atoms with van der Waals surface area (Å²) in [5.74, 6) is 0.543. The summed E-state index contributed by atoms with van der Waals surface area (Å²) >= 11 is 1.36. The van der Waals surface area contributed by atoms with Gasteiger partial charge in [-0.3, -0.25) is 9.52 Å². The molecule has 4 aromatic rings. The predicted molar refractivity (Wildman–Crippen MR) is 119 cm³/mol. The summed E-state index contributed by atoms with van der Waals surface area (Å²) in [5, 5.41) is 3.27. The summed E-state index contributed by atoms with van der Waals surface area (Å²) < 4.78 is 32.9. The number of benzene rings is 2. The molecular formula is C21H18N4O4S2. The first-order chi connectivity index (χ1) is 15.0. The normalized spacial score (nSPS) is 11.4. The number of sulfonamides is 1. The zero-order chi connectivity index (χ0) is 21.7. The SMILES string of the molecule is O=C(CCSc1nc2ccccc2o1)Nc1ccc(S(=O)(=O)Nc2ccccn2)cc1. The van der Waals surface area contributed by atoms with Gasteiger partial charge in [-0.05, 0) is 48.5 Å². The molecule has 31 heavy (non-hydrogen) atoms. The van der Waals surface area contributed by atoms with Crippen molar-refractivity contribution in [3.63, 3.8) is 0 Å². The average Bonchev–Trinajstić information content (AvgIpc) is 3.17. The number of anilines is 2. The number of amides is 1. The number of aromatic nitrogens is 2. The molecule has 0 aliphatic heterocycles. The number of carbonyl (C=O) groups excluding carboxylic acids is 1. The number of carbonyl (C=O) groups is 1. The molecule has 2 aromatic heterocycles. The van der Waals surface area contributed by atoms with Gasteiger partial charge in [0.15, 0.2) is 5.58 Å². The molecule has 4 rings (SSSR count). The van der Waals surface area contributed by atoms with Crippen LogP contribution >= 0.6 is 11.8 Å². The van der Waals surface area contributed by atoms with E-state index in [1.54, 1.807) is 30.3 Å². The first-order valence-electron chi connectivity index (χ1n) is 9.32. The van der Waals surface area contributed by atoms with Crippen LogP contribution < -0.4 is 10.0 Å². The molecule has 8 nitrogen and oxygen atoms in total. The third-order valence-corrected chi connectivity index (χ3v) is 6.38. The lowest BCUT2D eigenvalue weighted by Gasteiger charge is -2.09. The molecule has 0 atom stereocenters. The van der Waals surface area contributed by atoms with Crippen LogP contribution in [-0.2, 0) is 14.8 Å². The molecule has 2 heterocycles. The van der Waals surface area contributed by atoms with Gasteiger partial charge in [-0.25, -0.2) is 18.4 Å². The maximum atomic E-state index is 12.4. The van der Waals surface area contributed by atoms with Crippen LogP contribution in [-0.4, -0.2) is 30.0 Å². The van der Waals surface area contributed by atoms with Crippen molar-refractivity contribution in [2.24, 2.45) is 0 Å². The molecule has 0 saturated carbocycles. The van der Waals surface area contributed by atoms with Crippen molar-refractivity contribution >= 4 is 50.3 Å². The standard InChI is InChI=1S/C21H18N4O4S2/c26-20(12-14-30-21-24-17-5-1-2-6-18(17)29-21)23-15-8-10-16(11-9-15)31(27,28)25-19-7-3-4-13-22-19/h1-11,13H,12,14H2,(H,22,25)(H,23,26). The zero-order valence-electron chi connectivity index (χ0n) is 16.2. The van der Waals surface area contributed by atoms with E-state index in [-0.39, 0.29) is 23.0 Å². The molecule has 0 aliphatic rings. The molecule has 2 aromatic carbocycles. The van der Waals surface area contributed by atoms with Gasteiger partial charge in [0, 0.05) is 24.1 Å². The zero-order valence-corrected chi connectivity index (χ0v) is 17.8. The van der Waals surface area contributed by atoms with Crippen LogP contribution in [0.25, 0.3) is 11.1 Å². The quantitative estimate of drug-likeness (QED) is 0.385. The molecule has 0 saturated heterocycles. The minimum atomic E-state index is -3.76. The Kier molecular flexibility index (Phi) is 6.19. The number of nitrogens with one attached hydrogen (secondary N) is 2. The second-order valence-corrected chi connectivity index (χ2v) is 9.17. The molecule has 2 N–H and O–H groups in total. The Morgan fingerprint density at radius 3 is 2.52 bits per heavy atom. The van der Waals surface area contributed by atoms with Crippen molar-refractivity contribution in [2.45, 2.75) is 16.5 Å². The number of thioether (sulfide) groups is 1. The number of nitrogens with zero attached hydrogens (tertiary/aromatic N) is 2. The van der Waals surface area contributed by atoms with E-state index in [2.05, 4.69) is 20.0 Å². The van der Waals surface area contributed by atoms with Gasteiger partial charge in [0.2, 0.25) is 5.91 Å². The highest BCUT2D eigenvalue weighted by atomic mass is 32.2. The highest BCUT2D eigenvalue weighted by molar-refractivity contribution is 7.99. The lowest BCUT2D eigenvalue weighted by molar-refractivity contribution is -0.115. The average molecular weight is 455 g/mol. The second-order valence-electron chi connectivity index (χ2n) is 6.44. The van der Waals surface area contributed by atoms with Gasteiger partial charge in [-0.15, -0.1) is 0 Å². The van der Waals surface area contributed by atoms with Gasteiger partial charge in [0.25, 0.3) is 15.2 Å². The molecule has 0 radical (unpaired) electrons. The van der Waals surface area contributed by atoms with E-state index in [0.29, 0.717) is 22.2 Å². The fraction of sp³-hybridized carbons (Fsp3) is 0.0952. The lowest BCUT2D eigenvalue weighted by Crippen LogP contribution is -2.15. The predicted octanol–water partition coefficient (Wildman–Crippen LogP) is 4.14. The number of pyridine rings is 1. The van der Waals surface area contributed by atoms with Gasteiger partial charge in [-0.1, -0.05) is 30.0 Å². The number of hydrogen-bond acceptors (Lipinski definition) is 7. The van der Waals surface area contributed by atoms with Crippen molar-refractivity contribution in [2.75, 3.05) is 15.8 Å². The Bertz CT molecular complexity index is 1260. The summed E-state index contributed by atoms with van der Waals surface area (Å²) in [6, 6.07) is 18.3. The fourth-order valence-corrected chi connectivity index (χ4v) is 4.49. The summed E-state index contributed by atoms with van der Waals surface area (Å²) in [4.78, 5) is 20.6. The topological polar surface area (TPSA) is 114 Å². The van der Waals surface area contributed by atoms with Gasteiger partial charge in [0.1, 0.15) is 11.3 Å². The molecule has 0 bridgehead atoms. The third kappa shape index (κ3) is 5.41. The maximum Gasteiger partial charge on any atom is 0.263 e. The lowest BCUT2D eigenvalue weighted by atomic mass is 10.3. The van der Waals surface area contributed by atoms with Crippen LogP contribution in [0, 0.1) is 0 Å². The highest BCUT2D eigenvalue weighted by Crippen LogP contribution is 2.24. The summed E-state index contributed by atoms with van der Waals surface area (Å²) in [7, 11) is -3.76. The molecule has 1 amide bonds. The molecule has 158 valence electrons. The van der Waals surface area contributed by atoms with Crippen LogP contribution in [0.15, 0.2) is 87.5 Å². The largest absolute Gasteiger partial charge is 0.431 e. The second kappa shape index (κ2) is 9.19. The molecular weight excluding hydrogens is 436 g/mol. The van der Waals surface area contributed by atoms with Crippen molar-refractivity contribution in [1.29, 1.82) is 0 Å². The van der Waals surface area contributed by atoms with Crippen molar-refractivity contribution in [3.05, 3.63) is 72.9 Å². The molecule has 0 spiro atoms. The first-order valence-corrected chi connectivity index (χ1v) is 11.8. The number of para-hydroxylation sites is 2. The van der Waals surface area contributed by atoms with E-state index in [1.807, 2.05) is 24.3 Å². The van der Waals surface area contributed by atoms with E-state index < -0.39 is 10.0 Å². The molecule has 0 fully saturated rings. The minimum Gasteiger partial charge on any atom is -0.431 e. The Morgan fingerprint density at radius 1 is 1.00 bits per heavy atom. The third-order valence-electron chi connectivity index (χ3n) is 4.18. The number of fused-ring (bicyclic) bond motifs is 1. The van der Waals surface area contributed by atoms with Crippen molar-refractivity contribution < 1.29 is 17.6 Å². The molecule has 0 aliphatic carbocycles. The monoisotopic (exact) mass is 454 g/mol. The van der Waals surface area contributed by atoms with Gasteiger partial charge < -0.3 is 9.73 Å².